The predicted molar refractivity (Wildman–Crippen MR) is 97.1 cm³/mol. The molecule has 0 heterocycles. The van der Waals surface area contributed by atoms with Gasteiger partial charge in [-0.3, -0.25) is 4.79 Å². The van der Waals surface area contributed by atoms with E-state index in [2.05, 4.69) is 10.6 Å². The number of amides is 2. The number of alkyl carbamates (subject to hydrolysis) is 1. The van der Waals surface area contributed by atoms with Crippen LogP contribution in [0.1, 0.15) is 20.8 Å². The summed E-state index contributed by atoms with van der Waals surface area (Å²) in [6, 6.07) is 1.50. The zero-order valence-electron chi connectivity index (χ0n) is 14.6. The van der Waals surface area contributed by atoms with Gasteiger partial charge in [-0.25, -0.2) is 31.9 Å². The first-order valence-electron chi connectivity index (χ1n) is 7.16. The number of benzene rings is 1. The lowest BCUT2D eigenvalue weighted by atomic mass is 10.2. The zero-order valence-corrected chi connectivity index (χ0v) is 17.0. The molecule has 11 nitrogen and oxygen atoms in total. The molecule has 0 fully saturated rings. The normalized spacial score (nSPS) is 12.4. The van der Waals surface area contributed by atoms with Gasteiger partial charge in [0.15, 0.2) is 0 Å². The van der Waals surface area contributed by atoms with Crippen molar-refractivity contribution in [2.24, 2.45) is 10.3 Å². The molecule has 0 aliphatic carbocycles. The second-order valence-corrected chi connectivity index (χ2v) is 9.74. The molecule has 0 saturated heterocycles. The summed E-state index contributed by atoms with van der Waals surface area (Å²) in [4.78, 5) is 22.1. The fraction of sp³-hybridized carbons (Fsp3) is 0.385. The van der Waals surface area contributed by atoms with Crippen LogP contribution in [0.25, 0.3) is 0 Å². The van der Waals surface area contributed by atoms with E-state index < -0.39 is 59.0 Å². The number of sulfonamides is 2. The monoisotopic (exact) mass is 442 g/mol. The quantitative estimate of drug-likeness (QED) is 0.497. The van der Waals surface area contributed by atoms with E-state index in [9.17, 15) is 26.4 Å². The molecule has 0 atom stereocenters. The SMILES string of the molecule is CC(C)(C)OC(=O)NCC(=O)Nc1cc(Cl)c(S(N)(=O)=O)cc1S(N)(=O)=O. The maximum Gasteiger partial charge on any atom is 0.408 e. The minimum atomic E-state index is -4.44. The molecule has 14 heteroatoms. The molecule has 27 heavy (non-hydrogen) atoms. The van der Waals surface area contributed by atoms with Gasteiger partial charge in [-0.05, 0) is 32.9 Å². The number of ether oxygens (including phenoxy) is 1. The summed E-state index contributed by atoms with van der Waals surface area (Å²) in [6.07, 6.45) is -0.869. The highest BCUT2D eigenvalue weighted by molar-refractivity contribution is 7.90. The number of carbonyl (C=O) groups is 2. The molecule has 1 aromatic rings. The Morgan fingerprint density at radius 3 is 2.04 bits per heavy atom. The van der Waals surface area contributed by atoms with Crippen molar-refractivity contribution in [2.75, 3.05) is 11.9 Å². The van der Waals surface area contributed by atoms with E-state index in [1.807, 2.05) is 0 Å². The van der Waals surface area contributed by atoms with Gasteiger partial charge in [0.25, 0.3) is 0 Å². The van der Waals surface area contributed by atoms with Crippen molar-refractivity contribution in [3.63, 3.8) is 0 Å². The van der Waals surface area contributed by atoms with Crippen LogP contribution in [0.3, 0.4) is 0 Å². The van der Waals surface area contributed by atoms with Crippen LogP contribution in [0.15, 0.2) is 21.9 Å². The van der Waals surface area contributed by atoms with Crippen molar-refractivity contribution in [3.05, 3.63) is 17.2 Å². The first kappa shape index (κ1) is 23.1. The molecule has 1 aromatic carbocycles. The van der Waals surface area contributed by atoms with Gasteiger partial charge >= 0.3 is 6.09 Å². The van der Waals surface area contributed by atoms with Crippen LogP contribution >= 0.6 is 11.6 Å². The molecule has 152 valence electrons. The average Bonchev–Trinajstić information content (AvgIpc) is 2.40. The minimum Gasteiger partial charge on any atom is -0.444 e. The summed E-state index contributed by atoms with van der Waals surface area (Å²) in [5.41, 5.74) is -1.16. The third-order valence-electron chi connectivity index (χ3n) is 2.71. The number of halogens is 1. The smallest absolute Gasteiger partial charge is 0.408 e. The van der Waals surface area contributed by atoms with E-state index >= 15 is 0 Å². The Kier molecular flexibility index (Phi) is 6.83. The molecule has 2 amide bonds. The third-order valence-corrected chi connectivity index (χ3v) is 5.04. The zero-order chi connectivity index (χ0) is 21.2. The fourth-order valence-corrected chi connectivity index (χ4v) is 3.62. The lowest BCUT2D eigenvalue weighted by Gasteiger charge is -2.19. The Bertz CT molecular complexity index is 969. The highest BCUT2D eigenvalue weighted by Crippen LogP contribution is 2.30. The average molecular weight is 443 g/mol. The number of nitrogens with two attached hydrogens (primary N) is 2. The van der Waals surface area contributed by atoms with Crippen molar-refractivity contribution in [1.82, 2.24) is 5.32 Å². The number of carbonyl (C=O) groups excluding carboxylic acids is 2. The van der Waals surface area contributed by atoms with Crippen LogP contribution in [-0.2, 0) is 29.6 Å². The molecule has 0 radical (unpaired) electrons. The van der Waals surface area contributed by atoms with Crippen molar-refractivity contribution in [1.29, 1.82) is 0 Å². The van der Waals surface area contributed by atoms with Crippen molar-refractivity contribution in [3.8, 4) is 0 Å². The van der Waals surface area contributed by atoms with Gasteiger partial charge < -0.3 is 15.4 Å². The lowest BCUT2D eigenvalue weighted by Crippen LogP contribution is -2.37. The number of hydrogen-bond donors (Lipinski definition) is 4. The highest BCUT2D eigenvalue weighted by Gasteiger charge is 2.23. The van der Waals surface area contributed by atoms with Gasteiger partial charge in [-0.15, -0.1) is 0 Å². The molecule has 0 saturated carbocycles. The summed E-state index contributed by atoms with van der Waals surface area (Å²) in [6.45, 7) is 4.31. The van der Waals surface area contributed by atoms with Crippen LogP contribution in [0.2, 0.25) is 5.02 Å². The molecule has 0 bridgehead atoms. The lowest BCUT2D eigenvalue weighted by molar-refractivity contribution is -0.115. The van der Waals surface area contributed by atoms with Gasteiger partial charge in [0.1, 0.15) is 21.9 Å². The number of nitrogens with one attached hydrogen (secondary N) is 2. The van der Waals surface area contributed by atoms with Crippen LogP contribution in [-0.4, -0.2) is 41.0 Å². The molecule has 0 spiro atoms. The van der Waals surface area contributed by atoms with Gasteiger partial charge in [0.2, 0.25) is 26.0 Å². The summed E-state index contributed by atoms with van der Waals surface area (Å²) in [5, 5.41) is 13.9. The largest absolute Gasteiger partial charge is 0.444 e. The summed E-state index contributed by atoms with van der Waals surface area (Å²) in [5.74, 6) is -0.842. The van der Waals surface area contributed by atoms with E-state index in [1.54, 1.807) is 20.8 Å². The van der Waals surface area contributed by atoms with E-state index in [0.29, 0.717) is 6.07 Å². The Balaban J connectivity index is 3.08. The summed E-state index contributed by atoms with van der Waals surface area (Å²) >= 11 is 5.78. The Morgan fingerprint density at radius 1 is 1.07 bits per heavy atom. The topological polar surface area (TPSA) is 188 Å². The van der Waals surface area contributed by atoms with E-state index in [-0.39, 0.29) is 5.69 Å². The van der Waals surface area contributed by atoms with Crippen molar-refractivity contribution >= 4 is 49.3 Å². The Morgan fingerprint density at radius 2 is 1.59 bits per heavy atom. The minimum absolute atomic E-state index is 0.383. The van der Waals surface area contributed by atoms with Crippen LogP contribution < -0.4 is 20.9 Å². The molecular formula is C13H19ClN4O7S2. The van der Waals surface area contributed by atoms with Crippen molar-refractivity contribution < 1.29 is 31.2 Å². The molecule has 0 aliphatic heterocycles. The van der Waals surface area contributed by atoms with Gasteiger partial charge in [-0.2, -0.15) is 0 Å². The van der Waals surface area contributed by atoms with E-state index in [4.69, 9.17) is 26.6 Å². The van der Waals surface area contributed by atoms with Gasteiger partial charge in [-0.1, -0.05) is 11.6 Å². The van der Waals surface area contributed by atoms with E-state index in [0.717, 1.165) is 6.07 Å². The number of rotatable bonds is 5. The molecule has 0 aliphatic rings. The first-order valence-corrected chi connectivity index (χ1v) is 10.6. The fourth-order valence-electron chi connectivity index (χ4n) is 1.75. The van der Waals surface area contributed by atoms with E-state index in [1.165, 1.54) is 0 Å². The Hall–Kier alpha value is -1.93. The van der Waals surface area contributed by atoms with Gasteiger partial charge in [0.05, 0.1) is 10.7 Å². The number of primary sulfonamides is 2. The summed E-state index contributed by atoms with van der Waals surface area (Å²) < 4.78 is 51.3. The third kappa shape index (κ3) is 7.30. The van der Waals surface area contributed by atoms with Crippen molar-refractivity contribution in [2.45, 2.75) is 36.2 Å². The van der Waals surface area contributed by atoms with Crippen LogP contribution in [0, 0.1) is 0 Å². The van der Waals surface area contributed by atoms with Crippen LogP contribution in [0.4, 0.5) is 10.5 Å². The standard InChI is InChI=1S/C13H19ClN4O7S2/c1-13(2,3)25-12(20)17-6-11(19)18-8-4-7(14)9(26(15,21)22)5-10(8)27(16,23)24/h4-5H,6H2,1-3H3,(H,17,20)(H,18,19)(H2,15,21,22)(H2,16,23,24). The molecule has 0 unspecified atom stereocenters. The molecular weight excluding hydrogens is 424 g/mol. The summed E-state index contributed by atoms with van der Waals surface area (Å²) in [7, 11) is -8.78. The van der Waals surface area contributed by atoms with Crippen LogP contribution in [0.5, 0.6) is 0 Å². The molecule has 6 N–H and O–H groups in total. The van der Waals surface area contributed by atoms with Gasteiger partial charge in [0, 0.05) is 0 Å². The molecule has 1 rings (SSSR count). The first-order chi connectivity index (χ1) is 12.0. The maximum absolute atomic E-state index is 12.0. The number of anilines is 1. The second kappa shape index (κ2) is 7.98. The second-order valence-electron chi connectivity index (χ2n) is 6.27. The maximum atomic E-state index is 12.0. The highest BCUT2D eigenvalue weighted by atomic mass is 35.5. The predicted octanol–water partition coefficient (Wildman–Crippen LogP) is 0.0980. The Labute approximate surface area is 161 Å². The molecule has 0 aromatic heterocycles. The number of hydrogen-bond acceptors (Lipinski definition) is 7.